The van der Waals surface area contributed by atoms with Crippen LogP contribution in [0.25, 0.3) is 10.6 Å². The van der Waals surface area contributed by atoms with E-state index in [1.807, 2.05) is 11.3 Å². The Kier molecular flexibility index (Phi) is 4.48. The molecule has 2 aromatic rings. The van der Waals surface area contributed by atoms with Crippen LogP contribution in [0.3, 0.4) is 0 Å². The van der Waals surface area contributed by atoms with Crippen molar-refractivity contribution in [3.63, 3.8) is 0 Å². The molecule has 1 aliphatic rings. The predicted octanol–water partition coefficient (Wildman–Crippen LogP) is 5.26. The van der Waals surface area contributed by atoms with E-state index in [1.165, 1.54) is 34.5 Å². The molecule has 2 nitrogen and oxygen atoms in total. The fourth-order valence-electron chi connectivity index (χ4n) is 2.45. The molecule has 0 saturated heterocycles. The van der Waals surface area contributed by atoms with Gasteiger partial charge in [0.2, 0.25) is 0 Å². The van der Waals surface area contributed by atoms with Crippen molar-refractivity contribution in [2.75, 3.05) is 0 Å². The van der Waals surface area contributed by atoms with Crippen molar-refractivity contribution in [2.24, 2.45) is 0 Å². The maximum atomic E-state index is 4.93. The van der Waals surface area contributed by atoms with Gasteiger partial charge in [-0.05, 0) is 43.4 Å². The highest BCUT2D eigenvalue weighted by atomic mass is 79.9. The third-order valence-corrected chi connectivity index (χ3v) is 5.42. The highest BCUT2D eigenvalue weighted by Gasteiger charge is 2.22. The van der Waals surface area contributed by atoms with E-state index in [4.69, 9.17) is 4.98 Å². The maximum Gasteiger partial charge on any atom is 0.124 e. The van der Waals surface area contributed by atoms with Crippen LogP contribution in [0.1, 0.15) is 48.7 Å². The smallest absolute Gasteiger partial charge is 0.124 e. The van der Waals surface area contributed by atoms with E-state index in [9.17, 15) is 0 Å². The largest absolute Gasteiger partial charge is 0.309 e. The number of hydrogen-bond donors (Lipinski definition) is 1. The van der Waals surface area contributed by atoms with Gasteiger partial charge in [0.25, 0.3) is 0 Å². The van der Waals surface area contributed by atoms with Crippen LogP contribution in [-0.4, -0.2) is 11.0 Å². The summed E-state index contributed by atoms with van der Waals surface area (Å²) in [4.78, 5) is 6.33. The first kappa shape index (κ1) is 15.2. The number of rotatable bonds is 5. The van der Waals surface area contributed by atoms with Crippen LogP contribution >= 0.6 is 27.3 Å². The fourth-order valence-corrected chi connectivity index (χ4v) is 4.18. The minimum absolute atomic E-state index is 0.474. The predicted molar refractivity (Wildman–Crippen MR) is 93.9 cm³/mol. The van der Waals surface area contributed by atoms with Gasteiger partial charge in [-0.2, -0.15) is 0 Å². The average Bonchev–Trinajstić information content (AvgIpc) is 3.15. The highest BCUT2D eigenvalue weighted by molar-refractivity contribution is 9.10. The highest BCUT2D eigenvalue weighted by Crippen LogP contribution is 2.34. The molecular weight excluding hydrogens is 344 g/mol. The number of aryl methyl sites for hydroxylation is 1. The minimum Gasteiger partial charge on any atom is -0.309 e. The molecule has 0 atom stereocenters. The summed E-state index contributed by atoms with van der Waals surface area (Å²) in [5.74, 6) is 0.474. The number of hydrogen-bond acceptors (Lipinski definition) is 3. The average molecular weight is 365 g/mol. The lowest BCUT2D eigenvalue weighted by atomic mass is 10.1. The van der Waals surface area contributed by atoms with Gasteiger partial charge in [0.15, 0.2) is 0 Å². The molecule has 0 aliphatic heterocycles. The van der Waals surface area contributed by atoms with E-state index in [0.29, 0.717) is 5.92 Å². The normalized spacial score (nSPS) is 14.9. The molecule has 0 bridgehead atoms. The van der Waals surface area contributed by atoms with Gasteiger partial charge in [0, 0.05) is 27.5 Å². The summed E-state index contributed by atoms with van der Waals surface area (Å²) in [7, 11) is 0. The molecule has 0 spiro atoms. The molecule has 1 aromatic carbocycles. The monoisotopic (exact) mass is 364 g/mol. The second-order valence-corrected chi connectivity index (χ2v) is 8.10. The number of aromatic nitrogens is 1. The molecule has 112 valence electrons. The summed E-state index contributed by atoms with van der Waals surface area (Å²) in [5, 5.41) is 4.77. The number of benzene rings is 1. The quantitative estimate of drug-likeness (QED) is 0.782. The Morgan fingerprint density at radius 2 is 2.14 bits per heavy atom. The Hall–Kier alpha value is -0.710. The molecule has 1 aliphatic carbocycles. The van der Waals surface area contributed by atoms with Crippen LogP contribution in [0.4, 0.5) is 0 Å². The van der Waals surface area contributed by atoms with Gasteiger partial charge in [-0.3, -0.25) is 0 Å². The molecule has 0 unspecified atom stereocenters. The first-order valence-electron chi connectivity index (χ1n) is 7.54. The van der Waals surface area contributed by atoms with Crippen LogP contribution in [0.15, 0.2) is 22.7 Å². The summed E-state index contributed by atoms with van der Waals surface area (Å²) in [6.07, 6.45) is 2.66. The Balaban J connectivity index is 1.92. The Bertz CT molecular complexity index is 644. The van der Waals surface area contributed by atoms with Gasteiger partial charge < -0.3 is 5.32 Å². The van der Waals surface area contributed by atoms with Crippen molar-refractivity contribution in [2.45, 2.75) is 52.1 Å². The number of nitrogens with one attached hydrogen (secondary N) is 1. The zero-order valence-corrected chi connectivity index (χ0v) is 15.1. The Morgan fingerprint density at radius 3 is 2.76 bits per heavy atom. The molecular formula is C17H21BrN2S. The molecule has 1 N–H and O–H groups in total. The first-order valence-corrected chi connectivity index (χ1v) is 9.15. The molecule has 1 aromatic heterocycles. The molecule has 1 heterocycles. The van der Waals surface area contributed by atoms with Crippen molar-refractivity contribution in [3.05, 3.63) is 38.8 Å². The van der Waals surface area contributed by atoms with Gasteiger partial charge in [-0.25, -0.2) is 4.98 Å². The molecule has 0 radical (unpaired) electrons. The summed E-state index contributed by atoms with van der Waals surface area (Å²) in [5.41, 5.74) is 3.78. The van der Waals surface area contributed by atoms with Gasteiger partial charge in [0.05, 0.1) is 5.69 Å². The lowest BCUT2D eigenvalue weighted by molar-refractivity contribution is 0.681. The van der Waals surface area contributed by atoms with Crippen LogP contribution in [0, 0.1) is 6.92 Å². The van der Waals surface area contributed by atoms with Crippen molar-refractivity contribution in [1.29, 1.82) is 0 Å². The minimum atomic E-state index is 0.474. The lowest BCUT2D eigenvalue weighted by Crippen LogP contribution is -2.15. The van der Waals surface area contributed by atoms with E-state index < -0.39 is 0 Å². The number of thiazole rings is 1. The van der Waals surface area contributed by atoms with Crippen LogP contribution in [0.5, 0.6) is 0 Å². The molecule has 1 saturated carbocycles. The van der Waals surface area contributed by atoms with Gasteiger partial charge in [-0.1, -0.05) is 35.8 Å². The van der Waals surface area contributed by atoms with Gasteiger partial charge >= 0.3 is 0 Å². The van der Waals surface area contributed by atoms with Crippen molar-refractivity contribution >= 4 is 27.3 Å². The Labute approximate surface area is 139 Å². The zero-order chi connectivity index (χ0) is 15.0. The first-order chi connectivity index (χ1) is 10.0. The topological polar surface area (TPSA) is 24.9 Å². The van der Waals surface area contributed by atoms with E-state index in [-0.39, 0.29) is 0 Å². The van der Waals surface area contributed by atoms with Crippen LogP contribution < -0.4 is 5.32 Å². The van der Waals surface area contributed by atoms with Crippen LogP contribution in [0.2, 0.25) is 0 Å². The SMILES string of the molecule is Cc1cc(Br)ccc1-c1nc(C(C)C)c(CNC2CC2)s1. The zero-order valence-electron chi connectivity index (χ0n) is 12.7. The summed E-state index contributed by atoms with van der Waals surface area (Å²) in [6.45, 7) is 7.58. The summed E-state index contributed by atoms with van der Waals surface area (Å²) in [6, 6.07) is 7.17. The fraction of sp³-hybridized carbons (Fsp3) is 0.471. The molecule has 0 amide bonds. The lowest BCUT2D eigenvalue weighted by Gasteiger charge is -2.05. The third kappa shape index (κ3) is 3.55. The second-order valence-electron chi connectivity index (χ2n) is 6.10. The van der Waals surface area contributed by atoms with Crippen molar-refractivity contribution < 1.29 is 0 Å². The van der Waals surface area contributed by atoms with Crippen LogP contribution in [-0.2, 0) is 6.54 Å². The van der Waals surface area contributed by atoms with E-state index in [0.717, 1.165) is 22.1 Å². The Morgan fingerprint density at radius 1 is 1.38 bits per heavy atom. The van der Waals surface area contributed by atoms with E-state index in [2.05, 4.69) is 60.2 Å². The number of halogens is 1. The molecule has 1 fully saturated rings. The van der Waals surface area contributed by atoms with Crippen molar-refractivity contribution in [3.8, 4) is 10.6 Å². The standard InChI is InChI=1S/C17H21BrN2S/c1-10(2)16-15(9-19-13-5-6-13)21-17(20-16)14-7-4-12(18)8-11(14)3/h4,7-8,10,13,19H,5-6,9H2,1-3H3. The molecule has 3 rings (SSSR count). The maximum absolute atomic E-state index is 4.93. The second kappa shape index (κ2) is 6.19. The van der Waals surface area contributed by atoms with E-state index in [1.54, 1.807) is 0 Å². The number of nitrogens with zero attached hydrogens (tertiary/aromatic N) is 1. The third-order valence-electron chi connectivity index (χ3n) is 3.82. The molecule has 4 heteroatoms. The van der Waals surface area contributed by atoms with E-state index >= 15 is 0 Å². The van der Waals surface area contributed by atoms with Gasteiger partial charge in [-0.15, -0.1) is 11.3 Å². The molecule has 21 heavy (non-hydrogen) atoms. The summed E-state index contributed by atoms with van der Waals surface area (Å²) >= 11 is 5.37. The van der Waals surface area contributed by atoms with Crippen molar-refractivity contribution in [1.82, 2.24) is 10.3 Å². The summed E-state index contributed by atoms with van der Waals surface area (Å²) < 4.78 is 1.13. The van der Waals surface area contributed by atoms with Gasteiger partial charge in [0.1, 0.15) is 5.01 Å².